The molecule has 0 bridgehead atoms. The minimum absolute atomic E-state index is 0.221. The van der Waals surface area contributed by atoms with E-state index in [1.54, 1.807) is 11.3 Å². The SMILES string of the molecule is Cc1csc(C(C)NC(C)CC#N)n1. The largest absolute Gasteiger partial charge is 0.305 e. The number of aromatic nitrogens is 1. The van der Waals surface area contributed by atoms with Crippen molar-refractivity contribution in [3.63, 3.8) is 0 Å². The van der Waals surface area contributed by atoms with Crippen molar-refractivity contribution in [1.82, 2.24) is 10.3 Å². The Balaban J connectivity index is 2.50. The normalized spacial score (nSPS) is 14.7. The average Bonchev–Trinajstić information content (AvgIpc) is 2.52. The lowest BCUT2D eigenvalue weighted by Crippen LogP contribution is -2.28. The molecule has 2 atom stereocenters. The maximum Gasteiger partial charge on any atom is 0.110 e. The van der Waals surface area contributed by atoms with E-state index in [0.717, 1.165) is 10.7 Å². The van der Waals surface area contributed by atoms with Gasteiger partial charge < -0.3 is 5.32 Å². The Hall–Kier alpha value is -0.920. The van der Waals surface area contributed by atoms with Crippen LogP contribution in [0, 0.1) is 18.3 Å². The third-order valence-electron chi connectivity index (χ3n) is 1.94. The van der Waals surface area contributed by atoms with E-state index in [4.69, 9.17) is 5.26 Å². The molecule has 0 saturated carbocycles. The van der Waals surface area contributed by atoms with Crippen LogP contribution in [0.15, 0.2) is 5.38 Å². The Morgan fingerprint density at radius 3 is 2.86 bits per heavy atom. The van der Waals surface area contributed by atoms with Gasteiger partial charge in [0.25, 0.3) is 0 Å². The highest BCUT2D eigenvalue weighted by Gasteiger charge is 2.11. The Kier molecular flexibility index (Phi) is 4.05. The summed E-state index contributed by atoms with van der Waals surface area (Å²) in [6.07, 6.45) is 0.536. The maximum atomic E-state index is 8.52. The van der Waals surface area contributed by atoms with Crippen molar-refractivity contribution in [2.24, 2.45) is 0 Å². The molecule has 0 aromatic carbocycles. The van der Waals surface area contributed by atoms with Gasteiger partial charge in [-0.15, -0.1) is 11.3 Å². The third kappa shape index (κ3) is 3.09. The predicted octanol–water partition coefficient (Wildman–Crippen LogP) is 2.40. The second kappa shape index (κ2) is 5.08. The Morgan fingerprint density at radius 1 is 1.64 bits per heavy atom. The maximum absolute atomic E-state index is 8.52. The van der Waals surface area contributed by atoms with Crippen LogP contribution >= 0.6 is 11.3 Å². The molecule has 3 nitrogen and oxygen atoms in total. The number of rotatable bonds is 4. The van der Waals surface area contributed by atoms with Gasteiger partial charge in [-0.2, -0.15) is 5.26 Å². The van der Waals surface area contributed by atoms with E-state index in [9.17, 15) is 0 Å². The molecule has 0 aliphatic carbocycles. The van der Waals surface area contributed by atoms with E-state index in [0.29, 0.717) is 6.42 Å². The van der Waals surface area contributed by atoms with Gasteiger partial charge in [-0.05, 0) is 20.8 Å². The molecule has 0 fully saturated rings. The topological polar surface area (TPSA) is 48.7 Å². The van der Waals surface area contributed by atoms with Crippen LogP contribution < -0.4 is 5.32 Å². The first-order chi connectivity index (χ1) is 6.63. The summed E-state index contributed by atoms with van der Waals surface area (Å²) in [6.45, 7) is 6.08. The van der Waals surface area contributed by atoms with E-state index in [1.807, 2.05) is 19.2 Å². The quantitative estimate of drug-likeness (QED) is 0.828. The van der Waals surface area contributed by atoms with E-state index < -0.39 is 0 Å². The van der Waals surface area contributed by atoms with Crippen LogP contribution in [-0.2, 0) is 0 Å². The molecule has 0 spiro atoms. The highest BCUT2D eigenvalue weighted by molar-refractivity contribution is 7.09. The lowest BCUT2D eigenvalue weighted by molar-refractivity contribution is 0.483. The first kappa shape index (κ1) is 11.2. The molecule has 0 saturated heterocycles. The Bertz CT molecular complexity index is 326. The third-order valence-corrected chi connectivity index (χ3v) is 3.08. The van der Waals surface area contributed by atoms with Crippen molar-refractivity contribution in [3.8, 4) is 6.07 Å². The molecular weight excluding hydrogens is 194 g/mol. The summed E-state index contributed by atoms with van der Waals surface area (Å²) in [5, 5.41) is 15.0. The minimum Gasteiger partial charge on any atom is -0.305 e. The molecular formula is C10H15N3S. The number of thiazole rings is 1. The van der Waals surface area contributed by atoms with Crippen LogP contribution in [-0.4, -0.2) is 11.0 Å². The molecule has 1 heterocycles. The second-order valence-corrected chi connectivity index (χ2v) is 4.37. The molecule has 2 unspecified atom stereocenters. The summed E-state index contributed by atoms with van der Waals surface area (Å²) in [7, 11) is 0. The minimum atomic E-state index is 0.221. The summed E-state index contributed by atoms with van der Waals surface area (Å²) >= 11 is 1.66. The molecule has 1 rings (SSSR count). The van der Waals surface area contributed by atoms with Gasteiger partial charge in [0.1, 0.15) is 5.01 Å². The van der Waals surface area contributed by atoms with Crippen LogP contribution in [0.1, 0.15) is 37.0 Å². The van der Waals surface area contributed by atoms with Gasteiger partial charge in [0, 0.05) is 17.1 Å². The summed E-state index contributed by atoms with van der Waals surface area (Å²) in [4.78, 5) is 4.40. The number of nitriles is 1. The first-order valence-electron chi connectivity index (χ1n) is 4.68. The van der Waals surface area contributed by atoms with Gasteiger partial charge >= 0.3 is 0 Å². The lowest BCUT2D eigenvalue weighted by atomic mass is 10.2. The Morgan fingerprint density at radius 2 is 2.36 bits per heavy atom. The molecule has 1 aromatic rings. The fourth-order valence-corrected chi connectivity index (χ4v) is 2.08. The summed E-state index contributed by atoms with van der Waals surface area (Å²) in [6, 6.07) is 2.60. The monoisotopic (exact) mass is 209 g/mol. The van der Waals surface area contributed by atoms with Gasteiger partial charge in [-0.3, -0.25) is 0 Å². The molecule has 76 valence electrons. The zero-order valence-corrected chi connectivity index (χ0v) is 9.56. The van der Waals surface area contributed by atoms with E-state index >= 15 is 0 Å². The van der Waals surface area contributed by atoms with E-state index in [1.165, 1.54) is 0 Å². The van der Waals surface area contributed by atoms with Crippen molar-refractivity contribution in [3.05, 3.63) is 16.1 Å². The molecule has 14 heavy (non-hydrogen) atoms. The van der Waals surface area contributed by atoms with Gasteiger partial charge in [0.15, 0.2) is 0 Å². The molecule has 0 amide bonds. The van der Waals surface area contributed by atoms with Gasteiger partial charge in [0.2, 0.25) is 0 Å². The summed E-state index contributed by atoms with van der Waals surface area (Å²) in [5.41, 5.74) is 1.06. The zero-order valence-electron chi connectivity index (χ0n) is 8.74. The fraction of sp³-hybridized carbons (Fsp3) is 0.600. The van der Waals surface area contributed by atoms with Crippen molar-refractivity contribution in [2.75, 3.05) is 0 Å². The van der Waals surface area contributed by atoms with E-state index in [2.05, 4.69) is 23.3 Å². The number of hydrogen-bond donors (Lipinski definition) is 1. The second-order valence-electron chi connectivity index (χ2n) is 3.48. The highest BCUT2D eigenvalue weighted by atomic mass is 32.1. The standard InChI is InChI=1S/C10H15N3S/c1-7(4-5-11)12-9(3)10-13-8(2)6-14-10/h6-7,9,12H,4H2,1-3H3. The molecule has 0 aliphatic heterocycles. The zero-order chi connectivity index (χ0) is 10.6. The van der Waals surface area contributed by atoms with Gasteiger partial charge in [0.05, 0.1) is 18.5 Å². The van der Waals surface area contributed by atoms with Gasteiger partial charge in [-0.1, -0.05) is 0 Å². The van der Waals surface area contributed by atoms with Gasteiger partial charge in [-0.25, -0.2) is 4.98 Å². The van der Waals surface area contributed by atoms with Crippen LogP contribution in [0.2, 0.25) is 0 Å². The molecule has 1 N–H and O–H groups in total. The molecule has 0 radical (unpaired) electrons. The summed E-state index contributed by atoms with van der Waals surface area (Å²) in [5.74, 6) is 0. The van der Waals surface area contributed by atoms with Crippen molar-refractivity contribution < 1.29 is 0 Å². The predicted molar refractivity (Wildman–Crippen MR) is 58.1 cm³/mol. The molecule has 1 aromatic heterocycles. The van der Waals surface area contributed by atoms with Crippen LogP contribution in [0.25, 0.3) is 0 Å². The van der Waals surface area contributed by atoms with Crippen LogP contribution in [0.5, 0.6) is 0 Å². The summed E-state index contributed by atoms with van der Waals surface area (Å²) < 4.78 is 0. The van der Waals surface area contributed by atoms with Crippen molar-refractivity contribution >= 4 is 11.3 Å². The lowest BCUT2D eigenvalue weighted by Gasteiger charge is -2.15. The first-order valence-corrected chi connectivity index (χ1v) is 5.56. The molecule has 4 heteroatoms. The van der Waals surface area contributed by atoms with Crippen LogP contribution in [0.3, 0.4) is 0 Å². The Labute approximate surface area is 88.8 Å². The van der Waals surface area contributed by atoms with Crippen LogP contribution in [0.4, 0.5) is 0 Å². The highest BCUT2D eigenvalue weighted by Crippen LogP contribution is 2.18. The van der Waals surface area contributed by atoms with E-state index in [-0.39, 0.29) is 12.1 Å². The number of aryl methyl sites for hydroxylation is 1. The smallest absolute Gasteiger partial charge is 0.110 e. The molecule has 0 aliphatic rings. The number of nitrogens with zero attached hydrogens (tertiary/aromatic N) is 2. The van der Waals surface area contributed by atoms with Crippen molar-refractivity contribution in [2.45, 2.75) is 39.3 Å². The average molecular weight is 209 g/mol. The number of hydrogen-bond acceptors (Lipinski definition) is 4. The number of nitrogens with one attached hydrogen (secondary N) is 1. The fourth-order valence-electron chi connectivity index (χ4n) is 1.26. The van der Waals surface area contributed by atoms with Crippen molar-refractivity contribution in [1.29, 1.82) is 5.26 Å².